The SMILES string of the molecule is CC1(C)C=C(OC(=O)Cc2ccccc2)CC(C)(C)N1. The van der Waals surface area contributed by atoms with E-state index in [0.29, 0.717) is 6.42 Å². The molecular weight excluding hydrogens is 250 g/mol. The molecule has 0 amide bonds. The van der Waals surface area contributed by atoms with Crippen LogP contribution in [0.2, 0.25) is 0 Å². The number of nitrogens with one attached hydrogen (secondary N) is 1. The summed E-state index contributed by atoms with van der Waals surface area (Å²) in [7, 11) is 0. The first-order chi connectivity index (χ1) is 9.26. The van der Waals surface area contributed by atoms with Crippen molar-refractivity contribution in [3.8, 4) is 0 Å². The standard InChI is InChI=1S/C17H23NO2/c1-16(2)11-14(12-17(3,4)18-16)20-15(19)10-13-8-6-5-7-9-13/h5-9,11,18H,10,12H2,1-4H3. The zero-order valence-electron chi connectivity index (χ0n) is 12.7. The molecule has 1 aliphatic rings. The number of esters is 1. The molecule has 1 aliphatic heterocycles. The van der Waals surface area contributed by atoms with Crippen molar-refractivity contribution in [2.75, 3.05) is 0 Å². The van der Waals surface area contributed by atoms with Crippen LogP contribution in [0.25, 0.3) is 0 Å². The first kappa shape index (κ1) is 14.8. The Kier molecular flexibility index (Phi) is 4.00. The molecule has 2 rings (SSSR count). The Balaban J connectivity index is 2.02. The number of hydrogen-bond donors (Lipinski definition) is 1. The summed E-state index contributed by atoms with van der Waals surface area (Å²) in [5.41, 5.74) is 0.746. The van der Waals surface area contributed by atoms with E-state index in [2.05, 4.69) is 33.0 Å². The van der Waals surface area contributed by atoms with Crippen molar-refractivity contribution in [2.24, 2.45) is 0 Å². The monoisotopic (exact) mass is 273 g/mol. The van der Waals surface area contributed by atoms with Gasteiger partial charge in [-0.1, -0.05) is 30.3 Å². The molecule has 108 valence electrons. The van der Waals surface area contributed by atoms with Gasteiger partial charge in [-0.2, -0.15) is 0 Å². The van der Waals surface area contributed by atoms with Crippen LogP contribution in [0, 0.1) is 0 Å². The van der Waals surface area contributed by atoms with E-state index in [1.165, 1.54) is 0 Å². The minimum absolute atomic E-state index is 0.0688. The van der Waals surface area contributed by atoms with Crippen LogP contribution in [0.1, 0.15) is 39.7 Å². The number of hydrogen-bond acceptors (Lipinski definition) is 3. The number of carbonyl (C=O) groups is 1. The van der Waals surface area contributed by atoms with Crippen LogP contribution in [0.4, 0.5) is 0 Å². The third-order valence-corrected chi connectivity index (χ3v) is 3.23. The van der Waals surface area contributed by atoms with Crippen molar-refractivity contribution < 1.29 is 9.53 Å². The normalized spacial score (nSPS) is 20.1. The molecule has 20 heavy (non-hydrogen) atoms. The Morgan fingerprint density at radius 1 is 1.20 bits per heavy atom. The quantitative estimate of drug-likeness (QED) is 0.859. The first-order valence-electron chi connectivity index (χ1n) is 7.01. The molecule has 0 fully saturated rings. The van der Waals surface area contributed by atoms with E-state index in [4.69, 9.17) is 4.74 Å². The van der Waals surface area contributed by atoms with Gasteiger partial charge in [0.05, 0.1) is 6.42 Å². The molecule has 3 heteroatoms. The second kappa shape index (κ2) is 5.41. The summed E-state index contributed by atoms with van der Waals surface area (Å²) < 4.78 is 5.55. The number of rotatable bonds is 3. The summed E-state index contributed by atoms with van der Waals surface area (Å²) in [4.78, 5) is 12.0. The summed E-state index contributed by atoms with van der Waals surface area (Å²) in [5.74, 6) is 0.565. The van der Waals surface area contributed by atoms with Crippen molar-refractivity contribution in [2.45, 2.75) is 51.6 Å². The number of ether oxygens (including phenoxy) is 1. The van der Waals surface area contributed by atoms with Gasteiger partial charge in [0, 0.05) is 17.5 Å². The van der Waals surface area contributed by atoms with Crippen molar-refractivity contribution in [3.63, 3.8) is 0 Å². The van der Waals surface area contributed by atoms with Crippen LogP contribution in [-0.4, -0.2) is 17.0 Å². The van der Waals surface area contributed by atoms with E-state index in [1.807, 2.05) is 36.4 Å². The Bertz CT molecular complexity index is 515. The lowest BCUT2D eigenvalue weighted by molar-refractivity contribution is -0.139. The fourth-order valence-corrected chi connectivity index (χ4v) is 2.85. The zero-order chi connectivity index (χ0) is 14.8. The van der Waals surface area contributed by atoms with Gasteiger partial charge in [-0.15, -0.1) is 0 Å². The molecule has 0 atom stereocenters. The number of carbonyl (C=O) groups excluding carboxylic acids is 1. The first-order valence-corrected chi connectivity index (χ1v) is 7.01. The predicted molar refractivity (Wildman–Crippen MR) is 80.2 cm³/mol. The van der Waals surface area contributed by atoms with E-state index < -0.39 is 0 Å². The van der Waals surface area contributed by atoms with Crippen LogP contribution in [-0.2, 0) is 16.0 Å². The molecule has 0 bridgehead atoms. The summed E-state index contributed by atoms with van der Waals surface area (Å²) in [5, 5.41) is 3.52. The van der Waals surface area contributed by atoms with Gasteiger partial charge in [-0.3, -0.25) is 4.79 Å². The molecule has 1 N–H and O–H groups in total. The summed E-state index contributed by atoms with van der Waals surface area (Å²) in [6.45, 7) is 8.40. The highest BCUT2D eigenvalue weighted by atomic mass is 16.5. The third-order valence-electron chi connectivity index (χ3n) is 3.23. The van der Waals surface area contributed by atoms with Crippen molar-refractivity contribution in [1.82, 2.24) is 5.32 Å². The maximum absolute atomic E-state index is 12.0. The topological polar surface area (TPSA) is 38.3 Å². The third kappa shape index (κ3) is 4.20. The van der Waals surface area contributed by atoms with Gasteiger partial charge in [0.1, 0.15) is 5.76 Å². The molecule has 0 radical (unpaired) electrons. The van der Waals surface area contributed by atoms with Crippen LogP contribution in [0.3, 0.4) is 0 Å². The molecule has 1 aromatic rings. The fraction of sp³-hybridized carbons (Fsp3) is 0.471. The minimum Gasteiger partial charge on any atom is -0.431 e. The average Bonchev–Trinajstić information content (AvgIpc) is 2.25. The summed E-state index contributed by atoms with van der Waals surface area (Å²) in [6.07, 6.45) is 3.03. The molecule has 0 spiro atoms. The Morgan fingerprint density at radius 2 is 1.85 bits per heavy atom. The van der Waals surface area contributed by atoms with Crippen molar-refractivity contribution in [3.05, 3.63) is 47.7 Å². The van der Waals surface area contributed by atoms with Gasteiger partial charge in [0.15, 0.2) is 0 Å². The van der Waals surface area contributed by atoms with Crippen LogP contribution < -0.4 is 5.32 Å². The Morgan fingerprint density at radius 3 is 2.45 bits per heavy atom. The maximum Gasteiger partial charge on any atom is 0.315 e. The van der Waals surface area contributed by atoms with Gasteiger partial charge in [-0.05, 0) is 39.3 Å². The lowest BCUT2D eigenvalue weighted by Gasteiger charge is -2.40. The van der Waals surface area contributed by atoms with Gasteiger partial charge in [-0.25, -0.2) is 0 Å². The van der Waals surface area contributed by atoms with Crippen LogP contribution in [0.15, 0.2) is 42.2 Å². The number of benzene rings is 1. The van der Waals surface area contributed by atoms with Crippen molar-refractivity contribution >= 4 is 5.97 Å². The fourth-order valence-electron chi connectivity index (χ4n) is 2.85. The predicted octanol–water partition coefficient (Wildman–Crippen LogP) is 3.21. The second-order valence-electron chi connectivity index (χ2n) is 6.65. The summed E-state index contributed by atoms with van der Waals surface area (Å²) >= 11 is 0. The highest BCUT2D eigenvalue weighted by Gasteiger charge is 2.33. The highest BCUT2D eigenvalue weighted by molar-refractivity contribution is 5.73. The van der Waals surface area contributed by atoms with Gasteiger partial charge < -0.3 is 10.1 Å². The largest absolute Gasteiger partial charge is 0.431 e. The molecule has 0 unspecified atom stereocenters. The van der Waals surface area contributed by atoms with Gasteiger partial charge in [0.2, 0.25) is 0 Å². The lowest BCUT2D eigenvalue weighted by atomic mass is 9.87. The zero-order valence-corrected chi connectivity index (χ0v) is 12.7. The highest BCUT2D eigenvalue weighted by Crippen LogP contribution is 2.28. The average molecular weight is 273 g/mol. The Hall–Kier alpha value is -1.61. The lowest BCUT2D eigenvalue weighted by Crippen LogP contribution is -2.54. The van der Waals surface area contributed by atoms with E-state index in [1.54, 1.807) is 0 Å². The smallest absolute Gasteiger partial charge is 0.315 e. The Labute approximate surface area is 121 Å². The van der Waals surface area contributed by atoms with E-state index >= 15 is 0 Å². The molecule has 0 aromatic heterocycles. The molecule has 1 heterocycles. The van der Waals surface area contributed by atoms with Crippen LogP contribution >= 0.6 is 0 Å². The molecule has 3 nitrogen and oxygen atoms in total. The minimum atomic E-state index is -0.198. The van der Waals surface area contributed by atoms with Crippen LogP contribution in [0.5, 0.6) is 0 Å². The van der Waals surface area contributed by atoms with Crippen molar-refractivity contribution in [1.29, 1.82) is 0 Å². The molecule has 0 saturated carbocycles. The molecular formula is C17H23NO2. The van der Waals surface area contributed by atoms with E-state index in [9.17, 15) is 4.79 Å². The van der Waals surface area contributed by atoms with Gasteiger partial charge in [0.25, 0.3) is 0 Å². The van der Waals surface area contributed by atoms with E-state index in [-0.39, 0.29) is 17.0 Å². The van der Waals surface area contributed by atoms with Gasteiger partial charge >= 0.3 is 5.97 Å². The molecule has 0 saturated heterocycles. The molecule has 1 aromatic carbocycles. The second-order valence-corrected chi connectivity index (χ2v) is 6.65. The summed E-state index contributed by atoms with van der Waals surface area (Å²) in [6, 6.07) is 9.67. The van der Waals surface area contributed by atoms with E-state index in [0.717, 1.165) is 17.7 Å². The molecule has 0 aliphatic carbocycles. The maximum atomic E-state index is 12.0.